The first-order valence-electron chi connectivity index (χ1n) is 4.30. The number of hydrogen-bond donors (Lipinski definition) is 1. The van der Waals surface area contributed by atoms with Crippen LogP contribution in [-0.2, 0) is 0 Å². The van der Waals surface area contributed by atoms with Gasteiger partial charge in [0.05, 0.1) is 6.20 Å². The Morgan fingerprint density at radius 1 is 1.57 bits per heavy atom. The number of nitrogens with zero attached hydrogens (tertiary/aromatic N) is 2. The fourth-order valence-corrected chi connectivity index (χ4v) is 1.20. The van der Waals surface area contributed by atoms with Crippen LogP contribution in [0.4, 0.5) is 5.82 Å². The predicted molar refractivity (Wildman–Crippen MR) is 63.1 cm³/mol. The van der Waals surface area contributed by atoms with E-state index in [0.29, 0.717) is 10.8 Å². The van der Waals surface area contributed by atoms with Gasteiger partial charge in [-0.15, -0.1) is 0 Å². The molecule has 0 aromatic carbocycles. The minimum atomic E-state index is 0.175. The molecule has 1 heterocycles. The smallest absolute Gasteiger partial charge is 0.148 e. The zero-order valence-electron chi connectivity index (χ0n) is 8.54. The maximum atomic E-state index is 5.90. The minimum Gasteiger partial charge on any atom is -0.367 e. The summed E-state index contributed by atoms with van der Waals surface area (Å²) in [5, 5.41) is 3.76. The summed E-state index contributed by atoms with van der Waals surface area (Å²) >= 11 is 7.71. The van der Waals surface area contributed by atoms with Gasteiger partial charge in [-0.25, -0.2) is 9.97 Å². The van der Waals surface area contributed by atoms with Gasteiger partial charge in [-0.3, -0.25) is 0 Å². The predicted octanol–water partition coefficient (Wildman–Crippen LogP) is 2.68. The van der Waals surface area contributed by atoms with Gasteiger partial charge in [0.1, 0.15) is 17.2 Å². The number of anilines is 1. The lowest BCUT2D eigenvalue weighted by molar-refractivity contribution is 0.750. The van der Waals surface area contributed by atoms with Crippen molar-refractivity contribution in [2.45, 2.75) is 18.6 Å². The Hall–Kier alpha value is -0.480. The van der Waals surface area contributed by atoms with Crippen molar-refractivity contribution in [2.24, 2.45) is 0 Å². The number of halogens is 1. The molecule has 0 unspecified atom stereocenters. The lowest BCUT2D eigenvalue weighted by Gasteiger charge is -2.22. The molecule has 0 radical (unpaired) electrons. The van der Waals surface area contributed by atoms with Crippen molar-refractivity contribution in [1.82, 2.24) is 9.97 Å². The fraction of sp³-hybridized carbons (Fsp3) is 0.556. The van der Waals surface area contributed by atoms with Gasteiger partial charge in [-0.2, -0.15) is 11.8 Å². The highest BCUT2D eigenvalue weighted by molar-refractivity contribution is 7.99. The Morgan fingerprint density at radius 2 is 2.29 bits per heavy atom. The monoisotopic (exact) mass is 231 g/mol. The van der Waals surface area contributed by atoms with Crippen LogP contribution < -0.4 is 5.32 Å². The molecular weight excluding hydrogens is 218 g/mol. The summed E-state index contributed by atoms with van der Waals surface area (Å²) in [5.74, 6) is 0.698. The van der Waals surface area contributed by atoms with Crippen molar-refractivity contribution in [3.63, 3.8) is 0 Å². The molecule has 0 aliphatic rings. The molecule has 78 valence electrons. The standard InChI is InChI=1S/C9H14ClN3S/c1-9(2,14-3)5-12-8-7(10)4-11-6-13-8/h4,6H,5H2,1-3H3,(H,11,12,13). The minimum absolute atomic E-state index is 0.175. The molecule has 14 heavy (non-hydrogen) atoms. The molecule has 0 spiro atoms. The molecule has 0 amide bonds. The second-order valence-corrected chi connectivity index (χ2v) is 5.46. The summed E-state index contributed by atoms with van der Waals surface area (Å²) in [6.07, 6.45) is 5.16. The summed E-state index contributed by atoms with van der Waals surface area (Å²) in [4.78, 5) is 7.87. The third-order valence-corrected chi connectivity index (χ3v) is 3.43. The first-order valence-corrected chi connectivity index (χ1v) is 5.90. The molecule has 0 saturated carbocycles. The van der Waals surface area contributed by atoms with Crippen molar-refractivity contribution in [2.75, 3.05) is 18.1 Å². The molecule has 3 nitrogen and oxygen atoms in total. The molecule has 0 aliphatic carbocycles. The Kier molecular flexibility index (Phi) is 4.01. The Morgan fingerprint density at radius 3 is 2.86 bits per heavy atom. The summed E-state index contributed by atoms with van der Waals surface area (Å²) < 4.78 is 0.175. The number of rotatable bonds is 4. The largest absolute Gasteiger partial charge is 0.367 e. The van der Waals surface area contributed by atoms with E-state index in [0.717, 1.165) is 6.54 Å². The highest BCUT2D eigenvalue weighted by Crippen LogP contribution is 2.23. The number of aromatic nitrogens is 2. The summed E-state index contributed by atoms with van der Waals surface area (Å²) in [5.41, 5.74) is 0. The van der Waals surface area contributed by atoms with E-state index < -0.39 is 0 Å². The highest BCUT2D eigenvalue weighted by atomic mass is 35.5. The van der Waals surface area contributed by atoms with Crippen molar-refractivity contribution in [3.8, 4) is 0 Å². The van der Waals surface area contributed by atoms with E-state index in [1.165, 1.54) is 6.33 Å². The van der Waals surface area contributed by atoms with Gasteiger partial charge in [-0.1, -0.05) is 11.6 Å². The van der Waals surface area contributed by atoms with Crippen LogP contribution in [0.3, 0.4) is 0 Å². The average Bonchev–Trinajstić information content (AvgIpc) is 2.17. The van der Waals surface area contributed by atoms with Crippen molar-refractivity contribution in [1.29, 1.82) is 0 Å². The van der Waals surface area contributed by atoms with E-state index in [2.05, 4.69) is 35.4 Å². The molecule has 0 bridgehead atoms. The van der Waals surface area contributed by atoms with E-state index in [1.54, 1.807) is 18.0 Å². The molecule has 0 atom stereocenters. The highest BCUT2D eigenvalue weighted by Gasteiger charge is 2.16. The van der Waals surface area contributed by atoms with Gasteiger partial charge in [0, 0.05) is 11.3 Å². The molecule has 1 aromatic rings. The molecule has 0 fully saturated rings. The zero-order valence-corrected chi connectivity index (χ0v) is 10.1. The van der Waals surface area contributed by atoms with Crippen LogP contribution >= 0.6 is 23.4 Å². The SMILES string of the molecule is CSC(C)(C)CNc1ncncc1Cl. The van der Waals surface area contributed by atoms with Gasteiger partial charge in [0.25, 0.3) is 0 Å². The lowest BCUT2D eigenvalue weighted by Crippen LogP contribution is -2.26. The number of thioether (sulfide) groups is 1. The Balaban J connectivity index is 2.58. The van der Waals surface area contributed by atoms with E-state index >= 15 is 0 Å². The van der Waals surface area contributed by atoms with Crippen molar-refractivity contribution in [3.05, 3.63) is 17.5 Å². The van der Waals surface area contributed by atoms with Crippen LogP contribution in [0.25, 0.3) is 0 Å². The van der Waals surface area contributed by atoms with Crippen LogP contribution in [0.1, 0.15) is 13.8 Å². The quantitative estimate of drug-likeness (QED) is 0.865. The Labute approximate surface area is 93.7 Å². The number of nitrogens with one attached hydrogen (secondary N) is 1. The molecule has 1 aromatic heterocycles. The van der Waals surface area contributed by atoms with E-state index in [-0.39, 0.29) is 4.75 Å². The van der Waals surface area contributed by atoms with Crippen molar-refractivity contribution >= 4 is 29.2 Å². The van der Waals surface area contributed by atoms with Gasteiger partial charge in [0.2, 0.25) is 0 Å². The molecule has 1 rings (SSSR count). The van der Waals surface area contributed by atoms with E-state index in [1.807, 2.05) is 0 Å². The Bertz CT molecular complexity index is 304. The van der Waals surface area contributed by atoms with E-state index in [9.17, 15) is 0 Å². The second kappa shape index (κ2) is 4.84. The first kappa shape index (κ1) is 11.6. The van der Waals surface area contributed by atoms with E-state index in [4.69, 9.17) is 11.6 Å². The summed E-state index contributed by atoms with van der Waals surface area (Å²) in [6, 6.07) is 0. The number of hydrogen-bond acceptors (Lipinski definition) is 4. The van der Waals surface area contributed by atoms with Gasteiger partial charge in [0.15, 0.2) is 0 Å². The molecule has 1 N–H and O–H groups in total. The van der Waals surface area contributed by atoms with Crippen LogP contribution in [0.5, 0.6) is 0 Å². The van der Waals surface area contributed by atoms with Gasteiger partial charge in [-0.05, 0) is 20.1 Å². The van der Waals surface area contributed by atoms with Gasteiger partial charge >= 0.3 is 0 Å². The van der Waals surface area contributed by atoms with Crippen LogP contribution in [0.2, 0.25) is 5.02 Å². The third kappa shape index (κ3) is 3.35. The molecule has 0 aliphatic heterocycles. The van der Waals surface area contributed by atoms with Crippen LogP contribution in [0.15, 0.2) is 12.5 Å². The maximum absolute atomic E-state index is 5.90. The summed E-state index contributed by atoms with van der Waals surface area (Å²) in [7, 11) is 0. The topological polar surface area (TPSA) is 37.8 Å². The average molecular weight is 232 g/mol. The first-order chi connectivity index (χ1) is 6.55. The molecular formula is C9H14ClN3S. The lowest BCUT2D eigenvalue weighted by atomic mass is 10.2. The van der Waals surface area contributed by atoms with Crippen LogP contribution in [-0.4, -0.2) is 27.5 Å². The van der Waals surface area contributed by atoms with Crippen LogP contribution in [0, 0.1) is 0 Å². The fourth-order valence-electron chi connectivity index (χ4n) is 0.811. The summed E-state index contributed by atoms with van der Waals surface area (Å²) in [6.45, 7) is 5.16. The zero-order chi connectivity index (χ0) is 10.6. The van der Waals surface area contributed by atoms with Gasteiger partial charge < -0.3 is 5.32 Å². The molecule has 0 saturated heterocycles. The molecule has 5 heteroatoms. The third-order valence-electron chi connectivity index (χ3n) is 1.90. The van der Waals surface area contributed by atoms with Crippen molar-refractivity contribution < 1.29 is 0 Å². The normalized spacial score (nSPS) is 11.4. The maximum Gasteiger partial charge on any atom is 0.148 e. The second-order valence-electron chi connectivity index (χ2n) is 3.54.